The molecule has 2 aromatic rings. The zero-order valence-corrected chi connectivity index (χ0v) is 12.8. The summed E-state index contributed by atoms with van der Waals surface area (Å²) in [5, 5.41) is 0. The lowest BCUT2D eigenvalue weighted by Crippen LogP contribution is -2.17. The van der Waals surface area contributed by atoms with Crippen molar-refractivity contribution in [3.63, 3.8) is 0 Å². The molecule has 118 valence electrons. The minimum Gasteiger partial charge on any atom is -0.406 e. The average Bonchev–Trinajstić information content (AvgIpc) is 2.36. The number of benzene rings is 2. The summed E-state index contributed by atoms with van der Waals surface area (Å²) in [6, 6.07) is 8.07. The Morgan fingerprint density at radius 3 is 2.00 bits per heavy atom. The summed E-state index contributed by atoms with van der Waals surface area (Å²) in [5.41, 5.74) is -0.765. The second-order valence-corrected chi connectivity index (χ2v) is 5.39. The van der Waals surface area contributed by atoms with Gasteiger partial charge in [-0.3, -0.25) is 0 Å². The lowest BCUT2D eigenvalue weighted by atomic mass is 9.99. The van der Waals surface area contributed by atoms with E-state index in [0.29, 0.717) is 0 Å². The Kier molecular flexibility index (Phi) is 4.59. The van der Waals surface area contributed by atoms with Crippen molar-refractivity contribution in [1.82, 2.24) is 0 Å². The van der Waals surface area contributed by atoms with E-state index in [1.165, 1.54) is 24.3 Å². The number of halogens is 7. The van der Waals surface area contributed by atoms with Crippen LogP contribution in [0.4, 0.5) is 26.3 Å². The summed E-state index contributed by atoms with van der Waals surface area (Å²) in [7, 11) is 0. The maximum atomic E-state index is 13.0. The molecule has 0 radical (unpaired) electrons. The molecule has 0 saturated heterocycles. The van der Waals surface area contributed by atoms with Crippen LogP contribution < -0.4 is 4.74 Å². The fourth-order valence-corrected chi connectivity index (χ4v) is 2.65. The molecular weight excluding hydrogens is 425 g/mol. The number of hydrogen-bond donors (Lipinski definition) is 0. The van der Waals surface area contributed by atoms with Gasteiger partial charge in [0.15, 0.2) is 0 Å². The molecule has 0 heterocycles. The molecule has 0 aromatic heterocycles. The van der Waals surface area contributed by atoms with Crippen LogP contribution in [0.1, 0.15) is 5.56 Å². The van der Waals surface area contributed by atoms with Crippen LogP contribution in [0.3, 0.4) is 0 Å². The van der Waals surface area contributed by atoms with Gasteiger partial charge in [0.05, 0.1) is 5.56 Å². The second-order valence-electron chi connectivity index (χ2n) is 4.23. The van der Waals surface area contributed by atoms with Gasteiger partial charge in [0, 0.05) is 3.57 Å². The first-order valence-corrected chi connectivity index (χ1v) is 6.88. The number of ether oxygens (including phenoxy) is 1. The third kappa shape index (κ3) is 4.05. The lowest BCUT2D eigenvalue weighted by Gasteiger charge is -2.15. The molecule has 0 aliphatic carbocycles. The molecule has 0 atom stereocenters. The predicted molar refractivity (Wildman–Crippen MR) is 76.3 cm³/mol. The van der Waals surface area contributed by atoms with E-state index in [1.807, 2.05) is 0 Å². The first-order chi connectivity index (χ1) is 10.1. The average molecular weight is 432 g/mol. The molecule has 8 heteroatoms. The van der Waals surface area contributed by atoms with Gasteiger partial charge in [0.2, 0.25) is 0 Å². The van der Waals surface area contributed by atoms with E-state index >= 15 is 0 Å². The summed E-state index contributed by atoms with van der Waals surface area (Å²) < 4.78 is 79.4. The Hall–Kier alpha value is -1.45. The van der Waals surface area contributed by atoms with Crippen LogP contribution in [0.25, 0.3) is 11.1 Å². The Balaban J connectivity index is 2.47. The Morgan fingerprint density at radius 1 is 0.818 bits per heavy atom. The summed E-state index contributed by atoms with van der Waals surface area (Å²) >= 11 is 1.67. The van der Waals surface area contributed by atoms with Gasteiger partial charge >= 0.3 is 12.5 Å². The summed E-state index contributed by atoms with van der Waals surface area (Å²) in [6.07, 6.45) is -9.41. The fraction of sp³-hybridized carbons (Fsp3) is 0.143. The second kappa shape index (κ2) is 5.98. The highest BCUT2D eigenvalue weighted by atomic mass is 127. The third-order valence-electron chi connectivity index (χ3n) is 2.70. The first-order valence-electron chi connectivity index (χ1n) is 5.80. The van der Waals surface area contributed by atoms with Gasteiger partial charge < -0.3 is 4.74 Å². The van der Waals surface area contributed by atoms with Crippen LogP contribution in [-0.2, 0) is 6.18 Å². The van der Waals surface area contributed by atoms with Gasteiger partial charge in [-0.05, 0) is 58.0 Å². The van der Waals surface area contributed by atoms with Crippen LogP contribution in [0.2, 0.25) is 0 Å². The zero-order chi connectivity index (χ0) is 16.5. The number of hydrogen-bond acceptors (Lipinski definition) is 1. The van der Waals surface area contributed by atoms with E-state index in [0.717, 1.165) is 18.2 Å². The summed E-state index contributed by atoms with van der Waals surface area (Å²) in [5.74, 6) is -0.481. The minimum absolute atomic E-state index is 0.0991. The SMILES string of the molecule is FC(F)(F)Oc1ccc(-c2ccccc2C(F)(F)F)c(I)c1. The maximum Gasteiger partial charge on any atom is 0.573 e. The minimum atomic E-state index is -4.85. The van der Waals surface area contributed by atoms with E-state index in [2.05, 4.69) is 4.74 Å². The van der Waals surface area contributed by atoms with Crippen molar-refractivity contribution in [1.29, 1.82) is 0 Å². The number of rotatable bonds is 2. The molecule has 0 bridgehead atoms. The Bertz CT molecular complexity index is 678. The van der Waals surface area contributed by atoms with Crippen LogP contribution in [0, 0.1) is 3.57 Å². The highest BCUT2D eigenvalue weighted by Crippen LogP contribution is 2.39. The molecule has 0 amide bonds. The highest BCUT2D eigenvalue weighted by molar-refractivity contribution is 14.1. The van der Waals surface area contributed by atoms with Crippen molar-refractivity contribution in [2.75, 3.05) is 0 Å². The van der Waals surface area contributed by atoms with Crippen molar-refractivity contribution in [2.24, 2.45) is 0 Å². The molecule has 0 aliphatic heterocycles. The molecule has 0 aliphatic rings. The number of alkyl halides is 6. The van der Waals surface area contributed by atoms with Gasteiger partial charge in [-0.15, -0.1) is 13.2 Å². The van der Waals surface area contributed by atoms with Crippen molar-refractivity contribution < 1.29 is 31.1 Å². The van der Waals surface area contributed by atoms with E-state index in [9.17, 15) is 26.3 Å². The van der Waals surface area contributed by atoms with Crippen molar-refractivity contribution >= 4 is 22.6 Å². The normalized spacial score (nSPS) is 12.3. The maximum absolute atomic E-state index is 13.0. The molecule has 2 aromatic carbocycles. The quantitative estimate of drug-likeness (QED) is 0.426. The standard InChI is InChI=1S/C14H7F6IO/c15-13(16,17)11-4-2-1-3-9(11)10-6-5-8(7-12(10)21)22-14(18,19)20/h1-7H. The van der Waals surface area contributed by atoms with E-state index in [4.69, 9.17) is 0 Å². The van der Waals surface area contributed by atoms with Crippen LogP contribution in [0.5, 0.6) is 5.75 Å². The van der Waals surface area contributed by atoms with E-state index in [1.54, 1.807) is 22.6 Å². The molecule has 22 heavy (non-hydrogen) atoms. The molecule has 0 spiro atoms. The van der Waals surface area contributed by atoms with Crippen LogP contribution in [0.15, 0.2) is 42.5 Å². The van der Waals surface area contributed by atoms with Crippen molar-refractivity contribution in [3.05, 3.63) is 51.6 Å². The molecule has 0 fully saturated rings. The van der Waals surface area contributed by atoms with E-state index < -0.39 is 23.9 Å². The molecule has 0 unspecified atom stereocenters. The fourth-order valence-electron chi connectivity index (χ4n) is 1.88. The molecule has 2 rings (SSSR count). The van der Waals surface area contributed by atoms with E-state index in [-0.39, 0.29) is 14.7 Å². The van der Waals surface area contributed by atoms with Crippen LogP contribution in [-0.4, -0.2) is 6.36 Å². The largest absolute Gasteiger partial charge is 0.573 e. The van der Waals surface area contributed by atoms with Crippen molar-refractivity contribution in [2.45, 2.75) is 12.5 Å². The third-order valence-corrected chi connectivity index (χ3v) is 3.59. The Morgan fingerprint density at radius 2 is 1.45 bits per heavy atom. The predicted octanol–water partition coefficient (Wildman–Crippen LogP) is 5.88. The summed E-state index contributed by atoms with van der Waals surface area (Å²) in [4.78, 5) is 0. The first kappa shape index (κ1) is 16.9. The molecular formula is C14H7F6IO. The molecule has 0 saturated carbocycles. The molecule has 0 N–H and O–H groups in total. The van der Waals surface area contributed by atoms with Gasteiger partial charge in [0.25, 0.3) is 0 Å². The lowest BCUT2D eigenvalue weighted by molar-refractivity contribution is -0.274. The zero-order valence-electron chi connectivity index (χ0n) is 10.6. The highest BCUT2D eigenvalue weighted by Gasteiger charge is 2.34. The molecule has 1 nitrogen and oxygen atoms in total. The Labute approximate surface area is 135 Å². The van der Waals surface area contributed by atoms with Crippen molar-refractivity contribution in [3.8, 4) is 16.9 Å². The van der Waals surface area contributed by atoms with Gasteiger partial charge in [-0.25, -0.2) is 0 Å². The van der Waals surface area contributed by atoms with Gasteiger partial charge in [-0.2, -0.15) is 13.2 Å². The van der Waals surface area contributed by atoms with Gasteiger partial charge in [0.1, 0.15) is 5.75 Å². The summed E-state index contributed by atoms with van der Waals surface area (Å²) in [6.45, 7) is 0. The monoisotopic (exact) mass is 432 g/mol. The smallest absolute Gasteiger partial charge is 0.406 e. The topological polar surface area (TPSA) is 9.23 Å². The van der Waals surface area contributed by atoms with Crippen LogP contribution >= 0.6 is 22.6 Å². The van der Waals surface area contributed by atoms with Gasteiger partial charge in [-0.1, -0.05) is 18.2 Å².